The Kier molecular flexibility index (Phi) is 6.57. The molecule has 0 saturated carbocycles. The van der Waals surface area contributed by atoms with Crippen LogP contribution in [0.4, 0.5) is 5.69 Å². The Labute approximate surface area is 147 Å². The molecule has 1 atom stereocenters. The lowest BCUT2D eigenvalue weighted by atomic mass is 10.1. The number of piperazine rings is 1. The summed E-state index contributed by atoms with van der Waals surface area (Å²) in [7, 11) is 4.05. The number of nitrogens with zero attached hydrogens (tertiary/aromatic N) is 2. The van der Waals surface area contributed by atoms with Crippen molar-refractivity contribution in [2.45, 2.75) is 37.4 Å². The minimum Gasteiger partial charge on any atom is -0.368 e. The van der Waals surface area contributed by atoms with Crippen LogP contribution in [0.3, 0.4) is 0 Å². The second-order valence-corrected chi connectivity index (χ2v) is 9.07. The highest BCUT2D eigenvalue weighted by Crippen LogP contribution is 2.39. The van der Waals surface area contributed by atoms with Gasteiger partial charge in [0.15, 0.2) is 0 Å². The molecule has 0 spiro atoms. The first-order valence-electron chi connectivity index (χ1n) is 8.69. The average molecular weight is 351 g/mol. The zero-order chi connectivity index (χ0) is 15.9. The Bertz CT molecular complexity index is 483. The van der Waals surface area contributed by atoms with Crippen molar-refractivity contribution in [2.75, 3.05) is 36.8 Å². The van der Waals surface area contributed by atoms with Gasteiger partial charge in [-0.25, -0.2) is 0 Å². The van der Waals surface area contributed by atoms with Crippen LogP contribution in [0.1, 0.15) is 32.1 Å². The van der Waals surface area contributed by atoms with E-state index in [1.54, 1.807) is 0 Å². The van der Waals surface area contributed by atoms with Crippen molar-refractivity contribution in [1.82, 2.24) is 4.90 Å². The molecule has 2 saturated heterocycles. The summed E-state index contributed by atoms with van der Waals surface area (Å²) in [5.74, 6) is 1.66. The molecule has 3 nitrogen and oxygen atoms in total. The predicted molar refractivity (Wildman–Crippen MR) is 102 cm³/mol. The largest absolute Gasteiger partial charge is 0.368 e. The van der Waals surface area contributed by atoms with E-state index in [0.29, 0.717) is 5.91 Å². The quantitative estimate of drug-likeness (QED) is 0.570. The van der Waals surface area contributed by atoms with Crippen LogP contribution in [-0.2, 0) is 4.79 Å². The van der Waals surface area contributed by atoms with Crippen LogP contribution in [0.5, 0.6) is 0 Å². The molecular weight excluding hydrogens is 324 g/mol. The molecule has 1 aromatic carbocycles. The summed E-state index contributed by atoms with van der Waals surface area (Å²) in [5, 5.41) is 0.838. The topological polar surface area (TPSA) is 23.6 Å². The molecule has 2 aliphatic heterocycles. The second kappa shape index (κ2) is 8.88. The minimum atomic E-state index is 0.353. The molecule has 0 unspecified atom stereocenters. The number of carbonyl (C=O) groups is 1. The fourth-order valence-corrected chi connectivity index (χ4v) is 6.25. The van der Waals surface area contributed by atoms with Crippen molar-refractivity contribution in [3.8, 4) is 0 Å². The molecule has 0 N–H and O–H groups in total. The second-order valence-electron chi connectivity index (χ2n) is 6.28. The Morgan fingerprint density at radius 2 is 1.87 bits per heavy atom. The van der Waals surface area contributed by atoms with Gasteiger partial charge in [-0.3, -0.25) is 4.79 Å². The summed E-state index contributed by atoms with van der Waals surface area (Å²) >= 11 is 0. The number of anilines is 1. The lowest BCUT2D eigenvalue weighted by molar-refractivity contribution is -0.131. The SMILES string of the molecule is O=C(CCCC[C@@H]1CCSS1)N1CCN(c2ccccc2)CC1. The van der Waals surface area contributed by atoms with Gasteiger partial charge in [-0.05, 0) is 31.4 Å². The summed E-state index contributed by atoms with van der Waals surface area (Å²) in [4.78, 5) is 16.8. The van der Waals surface area contributed by atoms with Crippen LogP contribution in [0.25, 0.3) is 0 Å². The molecule has 0 aromatic heterocycles. The molecule has 0 bridgehead atoms. The number of hydrogen-bond donors (Lipinski definition) is 0. The lowest BCUT2D eigenvalue weighted by Crippen LogP contribution is -2.48. The number of rotatable bonds is 6. The number of carbonyl (C=O) groups excluding carboxylic acids is 1. The molecular formula is C18H26N2OS2. The third kappa shape index (κ3) is 5.08. The molecule has 2 heterocycles. The minimum absolute atomic E-state index is 0.353. The molecule has 126 valence electrons. The van der Waals surface area contributed by atoms with Gasteiger partial charge >= 0.3 is 0 Å². The highest BCUT2D eigenvalue weighted by molar-refractivity contribution is 8.77. The molecule has 0 radical (unpaired) electrons. The van der Waals surface area contributed by atoms with E-state index in [1.165, 1.54) is 30.7 Å². The van der Waals surface area contributed by atoms with E-state index in [4.69, 9.17) is 0 Å². The Balaban J connectivity index is 1.33. The zero-order valence-corrected chi connectivity index (χ0v) is 15.3. The van der Waals surface area contributed by atoms with Gasteiger partial charge in [0.2, 0.25) is 5.91 Å². The van der Waals surface area contributed by atoms with Crippen LogP contribution in [0.2, 0.25) is 0 Å². The van der Waals surface area contributed by atoms with Gasteiger partial charge in [0, 0.05) is 49.3 Å². The fraction of sp³-hybridized carbons (Fsp3) is 0.611. The van der Waals surface area contributed by atoms with Crippen LogP contribution >= 0.6 is 21.6 Å². The summed E-state index contributed by atoms with van der Waals surface area (Å²) in [6.45, 7) is 3.63. The van der Waals surface area contributed by atoms with Gasteiger partial charge in [0.1, 0.15) is 0 Å². The monoisotopic (exact) mass is 350 g/mol. The van der Waals surface area contributed by atoms with Crippen molar-refractivity contribution in [3.63, 3.8) is 0 Å². The van der Waals surface area contributed by atoms with Crippen molar-refractivity contribution >= 4 is 33.2 Å². The van der Waals surface area contributed by atoms with E-state index >= 15 is 0 Å². The molecule has 3 rings (SSSR count). The van der Waals surface area contributed by atoms with Gasteiger partial charge < -0.3 is 9.80 Å². The van der Waals surface area contributed by atoms with Crippen molar-refractivity contribution in [1.29, 1.82) is 0 Å². The lowest BCUT2D eigenvalue weighted by Gasteiger charge is -2.36. The third-order valence-electron chi connectivity index (χ3n) is 4.65. The molecule has 1 amide bonds. The van der Waals surface area contributed by atoms with E-state index in [0.717, 1.165) is 44.3 Å². The van der Waals surface area contributed by atoms with E-state index in [9.17, 15) is 4.79 Å². The fourth-order valence-electron chi connectivity index (χ4n) is 3.22. The normalized spacial score (nSPS) is 21.7. The highest BCUT2D eigenvalue weighted by atomic mass is 33.1. The molecule has 23 heavy (non-hydrogen) atoms. The van der Waals surface area contributed by atoms with Gasteiger partial charge in [0.05, 0.1) is 0 Å². The summed E-state index contributed by atoms with van der Waals surface area (Å²) < 4.78 is 0. The molecule has 2 aliphatic rings. The summed E-state index contributed by atoms with van der Waals surface area (Å²) in [6.07, 6.45) is 5.63. The van der Waals surface area contributed by atoms with Crippen LogP contribution in [0, 0.1) is 0 Å². The highest BCUT2D eigenvalue weighted by Gasteiger charge is 2.21. The molecule has 0 aliphatic carbocycles. The number of amides is 1. The maximum atomic E-state index is 12.3. The first kappa shape index (κ1) is 17.0. The Morgan fingerprint density at radius 1 is 1.09 bits per heavy atom. The van der Waals surface area contributed by atoms with Crippen molar-refractivity contribution < 1.29 is 4.79 Å². The summed E-state index contributed by atoms with van der Waals surface area (Å²) in [5.41, 5.74) is 1.27. The van der Waals surface area contributed by atoms with Crippen LogP contribution in [0.15, 0.2) is 30.3 Å². The van der Waals surface area contributed by atoms with E-state index < -0.39 is 0 Å². The molecule has 2 fully saturated rings. The van der Waals surface area contributed by atoms with E-state index in [-0.39, 0.29) is 0 Å². The average Bonchev–Trinajstić information content (AvgIpc) is 3.13. The third-order valence-corrected chi connectivity index (χ3v) is 7.65. The van der Waals surface area contributed by atoms with Gasteiger partial charge in [-0.2, -0.15) is 0 Å². The molecule has 5 heteroatoms. The predicted octanol–water partition coefficient (Wildman–Crippen LogP) is 4.05. The van der Waals surface area contributed by atoms with Gasteiger partial charge in [0.25, 0.3) is 0 Å². The maximum absolute atomic E-state index is 12.3. The maximum Gasteiger partial charge on any atom is 0.222 e. The van der Waals surface area contributed by atoms with Crippen LogP contribution < -0.4 is 4.90 Å². The molecule has 1 aromatic rings. The number of benzene rings is 1. The standard InChI is InChI=1S/C18H26N2OS2/c21-18(9-5-4-8-17-10-15-22-23-17)20-13-11-19(12-14-20)16-6-2-1-3-7-16/h1-3,6-7,17H,4-5,8-15H2/t17-/m1/s1. The van der Waals surface area contributed by atoms with Crippen molar-refractivity contribution in [3.05, 3.63) is 30.3 Å². The summed E-state index contributed by atoms with van der Waals surface area (Å²) in [6, 6.07) is 10.5. The van der Waals surface area contributed by atoms with Crippen LogP contribution in [-0.4, -0.2) is 48.0 Å². The zero-order valence-electron chi connectivity index (χ0n) is 13.7. The first-order valence-corrected chi connectivity index (χ1v) is 11.1. The van der Waals surface area contributed by atoms with Gasteiger partial charge in [-0.15, -0.1) is 0 Å². The van der Waals surface area contributed by atoms with Crippen molar-refractivity contribution in [2.24, 2.45) is 0 Å². The van der Waals surface area contributed by atoms with E-state index in [2.05, 4.69) is 34.1 Å². The number of hydrogen-bond acceptors (Lipinski definition) is 4. The van der Waals surface area contributed by atoms with E-state index in [1.807, 2.05) is 27.7 Å². The first-order chi connectivity index (χ1) is 11.3. The smallest absolute Gasteiger partial charge is 0.222 e. The Morgan fingerprint density at radius 3 is 2.57 bits per heavy atom. The Hall–Kier alpha value is -0.810. The van der Waals surface area contributed by atoms with Gasteiger partial charge in [-0.1, -0.05) is 46.2 Å². The number of para-hydroxylation sites is 1. The number of unbranched alkanes of at least 4 members (excludes halogenated alkanes) is 1.